The number of amides is 1. The van der Waals surface area contributed by atoms with Gasteiger partial charge in [-0.25, -0.2) is 9.78 Å². The van der Waals surface area contributed by atoms with E-state index in [-0.39, 0.29) is 12.5 Å². The molecule has 0 bridgehead atoms. The van der Waals surface area contributed by atoms with Crippen molar-refractivity contribution in [3.63, 3.8) is 0 Å². The fraction of sp³-hybridized carbons (Fsp3) is 0.304. The molecular formula is C23H25N5O4. The Labute approximate surface area is 185 Å². The number of piperidine rings is 1. The van der Waals surface area contributed by atoms with Crippen LogP contribution in [0.3, 0.4) is 0 Å². The van der Waals surface area contributed by atoms with E-state index in [4.69, 9.17) is 5.11 Å². The highest BCUT2D eigenvalue weighted by molar-refractivity contribution is 5.96. The third-order valence-electron chi connectivity index (χ3n) is 5.75. The van der Waals surface area contributed by atoms with Gasteiger partial charge in [-0.3, -0.25) is 14.3 Å². The number of carbonyl (C=O) groups is 2. The number of nitrogens with zero attached hydrogens (tertiary/aromatic N) is 4. The molecule has 1 aliphatic rings. The minimum absolute atomic E-state index is 0.200. The number of likely N-dealkylation sites (tertiary alicyclic amines) is 1. The number of aliphatic hydroxyl groups excluding tert-OH is 1. The van der Waals surface area contributed by atoms with E-state index in [2.05, 4.69) is 15.3 Å². The minimum atomic E-state index is -0.852. The van der Waals surface area contributed by atoms with Crippen molar-refractivity contribution >= 4 is 17.8 Å². The zero-order chi connectivity index (χ0) is 22.5. The number of anilines is 1. The lowest BCUT2D eigenvalue weighted by Crippen LogP contribution is -2.39. The maximum absolute atomic E-state index is 12.6. The van der Waals surface area contributed by atoms with E-state index in [0.717, 1.165) is 24.9 Å². The third kappa shape index (κ3) is 4.78. The maximum Gasteiger partial charge on any atom is 0.407 e. The summed E-state index contributed by atoms with van der Waals surface area (Å²) < 4.78 is 1.43. The summed E-state index contributed by atoms with van der Waals surface area (Å²) in [5.74, 6) is 0.875. The Morgan fingerprint density at radius 3 is 2.44 bits per heavy atom. The maximum atomic E-state index is 12.6. The van der Waals surface area contributed by atoms with Gasteiger partial charge in [0, 0.05) is 37.0 Å². The van der Waals surface area contributed by atoms with Gasteiger partial charge in [-0.15, -0.1) is 0 Å². The van der Waals surface area contributed by atoms with Gasteiger partial charge in [-0.05, 0) is 43.0 Å². The summed E-state index contributed by atoms with van der Waals surface area (Å²) in [7, 11) is 0. The Morgan fingerprint density at radius 1 is 1.06 bits per heavy atom. The Bertz CT molecular complexity index is 1070. The average molecular weight is 435 g/mol. The SMILES string of the molecule is O=C(O)N1CCC(CNc2cnc(-c3ccc(C(=O)n4cccc4CO)cc3)cn2)CC1. The monoisotopic (exact) mass is 435 g/mol. The summed E-state index contributed by atoms with van der Waals surface area (Å²) in [4.78, 5) is 33.9. The number of nitrogens with one attached hydrogen (secondary N) is 1. The first kappa shape index (κ1) is 21.5. The first-order valence-corrected chi connectivity index (χ1v) is 10.5. The molecule has 3 heterocycles. The lowest BCUT2D eigenvalue weighted by atomic mass is 9.97. The van der Waals surface area contributed by atoms with E-state index in [1.165, 1.54) is 9.47 Å². The van der Waals surface area contributed by atoms with E-state index < -0.39 is 6.09 Å². The second-order valence-electron chi connectivity index (χ2n) is 7.79. The van der Waals surface area contributed by atoms with Crippen molar-refractivity contribution < 1.29 is 19.8 Å². The van der Waals surface area contributed by atoms with Crippen molar-refractivity contribution in [3.05, 3.63) is 66.2 Å². The van der Waals surface area contributed by atoms with Gasteiger partial charge in [0.15, 0.2) is 0 Å². The van der Waals surface area contributed by atoms with Gasteiger partial charge in [-0.2, -0.15) is 0 Å². The van der Waals surface area contributed by atoms with E-state index in [1.54, 1.807) is 42.9 Å². The van der Waals surface area contributed by atoms with Crippen LogP contribution in [0.4, 0.5) is 10.6 Å². The van der Waals surface area contributed by atoms with Crippen LogP contribution in [0, 0.1) is 5.92 Å². The van der Waals surface area contributed by atoms with Crippen molar-refractivity contribution in [2.24, 2.45) is 5.92 Å². The van der Waals surface area contributed by atoms with Crippen molar-refractivity contribution in [2.75, 3.05) is 25.0 Å². The number of carbonyl (C=O) groups excluding carboxylic acids is 1. The first-order valence-electron chi connectivity index (χ1n) is 10.5. The molecular weight excluding hydrogens is 410 g/mol. The van der Waals surface area contributed by atoms with Gasteiger partial charge in [0.25, 0.3) is 5.91 Å². The number of hydrogen-bond acceptors (Lipinski definition) is 6. The molecule has 1 fully saturated rings. The van der Waals surface area contributed by atoms with Crippen LogP contribution in [0.15, 0.2) is 55.0 Å². The van der Waals surface area contributed by atoms with Crippen LogP contribution in [-0.4, -0.2) is 61.3 Å². The van der Waals surface area contributed by atoms with Crippen molar-refractivity contribution in [1.29, 1.82) is 0 Å². The largest absolute Gasteiger partial charge is 0.465 e. The minimum Gasteiger partial charge on any atom is -0.465 e. The molecule has 3 aromatic rings. The number of rotatable bonds is 6. The number of benzene rings is 1. The van der Waals surface area contributed by atoms with E-state index in [9.17, 15) is 14.7 Å². The fourth-order valence-electron chi connectivity index (χ4n) is 3.81. The predicted octanol–water partition coefficient (Wildman–Crippen LogP) is 2.93. The molecule has 0 aliphatic carbocycles. The number of hydrogen-bond donors (Lipinski definition) is 3. The number of aliphatic hydroxyl groups is 1. The van der Waals surface area contributed by atoms with Crippen molar-refractivity contribution in [2.45, 2.75) is 19.4 Å². The smallest absolute Gasteiger partial charge is 0.407 e. The van der Waals surface area contributed by atoms with Gasteiger partial charge >= 0.3 is 6.09 Å². The number of carboxylic acid groups (broad SMARTS) is 1. The van der Waals surface area contributed by atoms with Gasteiger partial charge < -0.3 is 20.4 Å². The summed E-state index contributed by atoms with van der Waals surface area (Å²) in [5.41, 5.74) is 2.60. The van der Waals surface area contributed by atoms with Crippen LogP contribution in [0.25, 0.3) is 11.3 Å². The van der Waals surface area contributed by atoms with Gasteiger partial charge in [-0.1, -0.05) is 12.1 Å². The van der Waals surface area contributed by atoms with Crippen LogP contribution in [0.5, 0.6) is 0 Å². The zero-order valence-corrected chi connectivity index (χ0v) is 17.5. The Balaban J connectivity index is 1.34. The molecule has 0 unspecified atom stereocenters. The van der Waals surface area contributed by atoms with Crippen LogP contribution in [-0.2, 0) is 6.61 Å². The molecule has 0 saturated carbocycles. The summed E-state index contributed by atoms with van der Waals surface area (Å²) >= 11 is 0. The van der Waals surface area contributed by atoms with Crippen LogP contribution in [0.1, 0.15) is 28.9 Å². The van der Waals surface area contributed by atoms with Crippen molar-refractivity contribution in [3.8, 4) is 11.3 Å². The topological polar surface area (TPSA) is 121 Å². The molecule has 1 amide bonds. The normalized spacial score (nSPS) is 14.3. The molecule has 9 heteroatoms. The lowest BCUT2D eigenvalue weighted by molar-refractivity contribution is 0.0951. The molecule has 1 saturated heterocycles. The van der Waals surface area contributed by atoms with Crippen LogP contribution < -0.4 is 5.32 Å². The second kappa shape index (κ2) is 9.61. The molecule has 1 aliphatic heterocycles. The van der Waals surface area contributed by atoms with Crippen LogP contribution >= 0.6 is 0 Å². The van der Waals surface area contributed by atoms with E-state index >= 15 is 0 Å². The van der Waals surface area contributed by atoms with E-state index in [1.807, 2.05) is 12.1 Å². The zero-order valence-electron chi connectivity index (χ0n) is 17.5. The summed E-state index contributed by atoms with van der Waals surface area (Å²) in [6.45, 7) is 1.66. The molecule has 1 aromatic carbocycles. The molecule has 4 rings (SSSR count). The van der Waals surface area contributed by atoms with Crippen molar-refractivity contribution in [1.82, 2.24) is 19.4 Å². The average Bonchev–Trinajstić information content (AvgIpc) is 3.32. The molecule has 0 spiro atoms. The summed E-state index contributed by atoms with van der Waals surface area (Å²) in [6.07, 6.45) is 5.80. The lowest BCUT2D eigenvalue weighted by Gasteiger charge is -2.30. The highest BCUT2D eigenvalue weighted by Crippen LogP contribution is 2.20. The van der Waals surface area contributed by atoms with Gasteiger partial charge in [0.1, 0.15) is 5.82 Å². The standard InChI is InChI=1S/C23H25N5O4/c29-15-19-2-1-9-28(19)22(30)18-5-3-17(4-6-18)20-13-26-21(14-24-20)25-12-16-7-10-27(11-8-16)23(31)32/h1-6,9,13-14,16,29H,7-8,10-12,15H2,(H,25,26)(H,31,32). The van der Waals surface area contributed by atoms with Crippen LogP contribution in [0.2, 0.25) is 0 Å². The van der Waals surface area contributed by atoms with Gasteiger partial charge in [0.2, 0.25) is 0 Å². The second-order valence-corrected chi connectivity index (χ2v) is 7.79. The Kier molecular flexibility index (Phi) is 6.46. The van der Waals surface area contributed by atoms with Gasteiger partial charge in [0.05, 0.1) is 30.4 Å². The molecule has 166 valence electrons. The highest BCUT2D eigenvalue weighted by Gasteiger charge is 2.22. The molecule has 0 radical (unpaired) electrons. The highest BCUT2D eigenvalue weighted by atomic mass is 16.4. The quantitative estimate of drug-likeness (QED) is 0.544. The summed E-state index contributed by atoms with van der Waals surface area (Å²) in [6, 6.07) is 10.5. The Morgan fingerprint density at radius 2 is 1.81 bits per heavy atom. The molecule has 9 nitrogen and oxygen atoms in total. The van der Waals surface area contributed by atoms with E-state index in [0.29, 0.717) is 41.8 Å². The third-order valence-corrected chi connectivity index (χ3v) is 5.75. The molecule has 32 heavy (non-hydrogen) atoms. The summed E-state index contributed by atoms with van der Waals surface area (Å²) in [5, 5.41) is 21.6. The molecule has 3 N–H and O–H groups in total. The number of aromatic nitrogens is 3. The predicted molar refractivity (Wildman–Crippen MR) is 118 cm³/mol. The Hall–Kier alpha value is -3.72. The molecule has 2 aromatic heterocycles. The first-order chi connectivity index (χ1) is 15.5. The molecule has 0 atom stereocenters. The fourth-order valence-corrected chi connectivity index (χ4v) is 3.81.